The molecule has 2 N–H and O–H groups in total. The van der Waals surface area contributed by atoms with Gasteiger partial charge in [0.05, 0.1) is 0 Å². The van der Waals surface area contributed by atoms with Gasteiger partial charge in [0.2, 0.25) is 0 Å². The summed E-state index contributed by atoms with van der Waals surface area (Å²) in [7, 11) is 0. The Morgan fingerprint density at radius 1 is 1.50 bits per heavy atom. The number of hydrogen-bond acceptors (Lipinski definition) is 3. The van der Waals surface area contributed by atoms with Crippen molar-refractivity contribution in [3.8, 4) is 0 Å². The van der Waals surface area contributed by atoms with Crippen LogP contribution in [0.1, 0.15) is 12.8 Å². The Kier molecular flexibility index (Phi) is 2.83. The summed E-state index contributed by atoms with van der Waals surface area (Å²) in [6, 6.07) is 0. The van der Waals surface area contributed by atoms with E-state index in [1.165, 1.54) is 12.2 Å². The van der Waals surface area contributed by atoms with E-state index >= 15 is 0 Å². The first-order valence-electron chi connectivity index (χ1n) is 3.85. The van der Waals surface area contributed by atoms with E-state index in [0.717, 1.165) is 0 Å². The van der Waals surface area contributed by atoms with Gasteiger partial charge in [0, 0.05) is 5.70 Å². The molecule has 0 saturated heterocycles. The summed E-state index contributed by atoms with van der Waals surface area (Å²) in [4.78, 5) is 10.4. The second-order valence-electron chi connectivity index (χ2n) is 2.75. The molecule has 0 aromatic heterocycles. The Labute approximate surface area is 78.0 Å². The molecule has 0 spiro atoms. The zero-order valence-corrected chi connectivity index (χ0v) is 7.10. The van der Waals surface area contributed by atoms with Crippen LogP contribution in [-0.4, -0.2) is 12.1 Å². The van der Waals surface area contributed by atoms with Gasteiger partial charge in [0.25, 0.3) is 0 Å². The molecule has 0 aromatic carbocycles. The Bertz CT molecular complexity index is 304. The third-order valence-corrected chi connectivity index (χ3v) is 1.55. The van der Waals surface area contributed by atoms with E-state index in [2.05, 4.69) is 4.74 Å². The smallest absolute Gasteiger partial charge is 0.420 e. The number of allylic oxidation sites excluding steroid dienone is 3. The van der Waals surface area contributed by atoms with E-state index in [4.69, 9.17) is 5.73 Å². The first-order valence-corrected chi connectivity index (χ1v) is 3.85. The Hall–Kier alpha value is -1.46. The topological polar surface area (TPSA) is 52.3 Å². The predicted octanol–water partition coefficient (Wildman–Crippen LogP) is 1.61. The number of halogens is 3. The molecule has 0 aliphatic heterocycles. The Morgan fingerprint density at radius 3 is 2.64 bits per heavy atom. The lowest BCUT2D eigenvalue weighted by Crippen LogP contribution is -2.25. The first-order chi connectivity index (χ1) is 6.39. The Morgan fingerprint density at radius 2 is 2.14 bits per heavy atom. The van der Waals surface area contributed by atoms with Gasteiger partial charge in [-0.05, 0) is 25.0 Å². The molecule has 1 rings (SSSR count). The van der Waals surface area contributed by atoms with E-state index < -0.39 is 12.1 Å². The second-order valence-corrected chi connectivity index (χ2v) is 2.75. The number of esters is 1. The van der Waals surface area contributed by atoms with Gasteiger partial charge in [0.1, 0.15) is 5.76 Å². The fourth-order valence-electron chi connectivity index (χ4n) is 0.931. The third kappa shape index (κ3) is 2.79. The summed E-state index contributed by atoms with van der Waals surface area (Å²) in [6.45, 7) is 0. The maximum Gasteiger partial charge on any atom is 0.491 e. The van der Waals surface area contributed by atoms with Crippen molar-refractivity contribution in [3.63, 3.8) is 0 Å². The summed E-state index contributed by atoms with van der Waals surface area (Å²) >= 11 is 0. The quantitative estimate of drug-likeness (QED) is 0.664. The molecule has 0 unspecified atom stereocenters. The molecule has 3 nitrogen and oxygen atoms in total. The van der Waals surface area contributed by atoms with Crippen LogP contribution in [-0.2, 0) is 9.53 Å². The second kappa shape index (κ2) is 3.73. The average molecular weight is 207 g/mol. The van der Waals surface area contributed by atoms with Crippen LogP contribution in [0.15, 0.2) is 23.6 Å². The van der Waals surface area contributed by atoms with Crippen molar-refractivity contribution in [3.05, 3.63) is 23.6 Å². The number of alkyl halides is 3. The van der Waals surface area contributed by atoms with Crippen molar-refractivity contribution in [1.82, 2.24) is 0 Å². The van der Waals surface area contributed by atoms with Crippen molar-refractivity contribution in [2.75, 3.05) is 0 Å². The largest absolute Gasteiger partial charge is 0.491 e. The molecule has 14 heavy (non-hydrogen) atoms. The molecule has 1 aliphatic carbocycles. The minimum Gasteiger partial charge on any atom is -0.420 e. The highest BCUT2D eigenvalue weighted by Gasteiger charge is 2.41. The molecule has 0 aromatic rings. The van der Waals surface area contributed by atoms with E-state index in [0.29, 0.717) is 18.5 Å². The van der Waals surface area contributed by atoms with Gasteiger partial charge in [-0.3, -0.25) is 0 Å². The van der Waals surface area contributed by atoms with E-state index in [1.807, 2.05) is 0 Å². The molecule has 0 heterocycles. The van der Waals surface area contributed by atoms with E-state index in [9.17, 15) is 18.0 Å². The highest BCUT2D eigenvalue weighted by molar-refractivity contribution is 5.77. The molecule has 0 fully saturated rings. The molecule has 0 saturated carbocycles. The minimum atomic E-state index is -4.97. The van der Waals surface area contributed by atoms with Gasteiger partial charge in [-0.25, -0.2) is 4.79 Å². The summed E-state index contributed by atoms with van der Waals surface area (Å²) in [6.07, 6.45) is -1.33. The standard InChI is InChI=1S/C8H8F3NO2/c9-8(10,11)7(13)14-6-3-1-2-5(12)4-6/h3-4H,1-2,12H2. The van der Waals surface area contributed by atoms with Gasteiger partial charge in [-0.1, -0.05) is 0 Å². The van der Waals surface area contributed by atoms with E-state index in [-0.39, 0.29) is 5.76 Å². The van der Waals surface area contributed by atoms with Crippen molar-refractivity contribution in [1.29, 1.82) is 0 Å². The minimum absolute atomic E-state index is 0.143. The molecule has 0 amide bonds. The summed E-state index contributed by atoms with van der Waals surface area (Å²) in [5, 5.41) is 0. The number of nitrogens with two attached hydrogens (primary N) is 1. The lowest BCUT2D eigenvalue weighted by atomic mass is 10.1. The lowest BCUT2D eigenvalue weighted by Gasteiger charge is -2.11. The number of rotatable bonds is 1. The van der Waals surface area contributed by atoms with Crippen LogP contribution in [0.5, 0.6) is 0 Å². The molecular formula is C8H8F3NO2. The van der Waals surface area contributed by atoms with Crippen LogP contribution in [0.4, 0.5) is 13.2 Å². The normalized spacial score (nSPS) is 17.1. The van der Waals surface area contributed by atoms with Gasteiger partial charge < -0.3 is 10.5 Å². The van der Waals surface area contributed by atoms with Gasteiger partial charge >= 0.3 is 12.1 Å². The van der Waals surface area contributed by atoms with Gasteiger partial charge in [-0.15, -0.1) is 0 Å². The van der Waals surface area contributed by atoms with Crippen LogP contribution in [0, 0.1) is 0 Å². The van der Waals surface area contributed by atoms with Crippen molar-refractivity contribution < 1.29 is 22.7 Å². The molecule has 1 aliphatic rings. The van der Waals surface area contributed by atoms with Crippen molar-refractivity contribution >= 4 is 5.97 Å². The summed E-state index contributed by atoms with van der Waals surface area (Å²) in [5.41, 5.74) is 5.76. The molecule has 0 bridgehead atoms. The highest BCUT2D eigenvalue weighted by Crippen LogP contribution is 2.21. The maximum absolute atomic E-state index is 11.7. The molecule has 6 heteroatoms. The Balaban J connectivity index is 2.62. The van der Waals surface area contributed by atoms with Crippen LogP contribution in [0.3, 0.4) is 0 Å². The fraction of sp³-hybridized carbons (Fsp3) is 0.375. The van der Waals surface area contributed by atoms with Gasteiger partial charge in [0.15, 0.2) is 0 Å². The van der Waals surface area contributed by atoms with Gasteiger partial charge in [-0.2, -0.15) is 13.2 Å². The fourth-order valence-corrected chi connectivity index (χ4v) is 0.931. The maximum atomic E-state index is 11.7. The number of carbonyl (C=O) groups is 1. The lowest BCUT2D eigenvalue weighted by molar-refractivity contribution is -0.194. The monoisotopic (exact) mass is 207 g/mol. The average Bonchev–Trinajstić information content (AvgIpc) is 2.02. The molecule has 0 atom stereocenters. The SMILES string of the molecule is NC1=CC(OC(=O)C(F)(F)F)=CCC1. The summed E-state index contributed by atoms with van der Waals surface area (Å²) in [5.74, 6) is -2.37. The highest BCUT2D eigenvalue weighted by atomic mass is 19.4. The van der Waals surface area contributed by atoms with Crippen LogP contribution in [0.2, 0.25) is 0 Å². The first kappa shape index (κ1) is 10.6. The zero-order valence-electron chi connectivity index (χ0n) is 7.10. The van der Waals surface area contributed by atoms with Crippen molar-refractivity contribution in [2.45, 2.75) is 19.0 Å². The molecule has 78 valence electrons. The third-order valence-electron chi connectivity index (χ3n) is 1.55. The van der Waals surface area contributed by atoms with Crippen LogP contribution < -0.4 is 5.73 Å². The zero-order chi connectivity index (χ0) is 10.8. The van der Waals surface area contributed by atoms with Crippen LogP contribution in [0.25, 0.3) is 0 Å². The number of ether oxygens (including phenoxy) is 1. The van der Waals surface area contributed by atoms with E-state index in [1.54, 1.807) is 0 Å². The van der Waals surface area contributed by atoms with Crippen LogP contribution >= 0.6 is 0 Å². The van der Waals surface area contributed by atoms with Crippen molar-refractivity contribution in [2.24, 2.45) is 5.73 Å². The predicted molar refractivity (Wildman–Crippen MR) is 41.7 cm³/mol. The molecule has 0 radical (unpaired) electrons. The number of hydrogen-bond donors (Lipinski definition) is 1. The number of carbonyl (C=O) groups excluding carboxylic acids is 1. The summed E-state index contributed by atoms with van der Waals surface area (Å²) < 4.78 is 39.3. The molecular weight excluding hydrogens is 199 g/mol.